The third-order valence-corrected chi connectivity index (χ3v) is 4.84. The Morgan fingerprint density at radius 1 is 1.33 bits per heavy atom. The highest BCUT2D eigenvalue weighted by atomic mass is 16.3. The molecule has 1 saturated heterocycles. The second kappa shape index (κ2) is 5.75. The topological polar surface area (TPSA) is 23.5 Å². The van der Waals surface area contributed by atoms with E-state index in [0.717, 1.165) is 25.9 Å². The minimum absolute atomic E-state index is 0.0896. The van der Waals surface area contributed by atoms with Crippen LogP contribution in [0.25, 0.3) is 0 Å². The van der Waals surface area contributed by atoms with E-state index in [1.807, 2.05) is 0 Å². The van der Waals surface area contributed by atoms with Gasteiger partial charge in [-0.25, -0.2) is 0 Å². The zero-order valence-electron chi connectivity index (χ0n) is 12.3. The maximum Gasteiger partial charge on any atom is 0.0667 e. The SMILES string of the molecule is CC1=C(CCN2CCC[C@H](O)C2)C(C)(C)CCC1. The average Bonchev–Trinajstić information content (AvgIpc) is 2.27. The van der Waals surface area contributed by atoms with Gasteiger partial charge in [0.1, 0.15) is 0 Å². The molecule has 1 aliphatic heterocycles. The van der Waals surface area contributed by atoms with Gasteiger partial charge in [-0.05, 0) is 57.4 Å². The first-order valence-corrected chi connectivity index (χ1v) is 7.58. The number of piperidine rings is 1. The standard InChI is InChI=1S/C16H29NO/c1-13-6-4-9-16(2,3)15(13)8-11-17-10-5-7-14(18)12-17/h14,18H,4-12H2,1-3H3/t14-/m0/s1. The Hall–Kier alpha value is -0.340. The van der Waals surface area contributed by atoms with Crippen LogP contribution in [0.3, 0.4) is 0 Å². The van der Waals surface area contributed by atoms with Crippen molar-refractivity contribution < 1.29 is 5.11 Å². The summed E-state index contributed by atoms with van der Waals surface area (Å²) in [6.45, 7) is 10.3. The van der Waals surface area contributed by atoms with Crippen LogP contribution < -0.4 is 0 Å². The molecule has 1 N–H and O–H groups in total. The molecule has 0 aromatic heterocycles. The Bertz CT molecular complexity index is 319. The molecule has 18 heavy (non-hydrogen) atoms. The quantitative estimate of drug-likeness (QED) is 0.778. The molecule has 0 aromatic rings. The molecule has 1 atom stereocenters. The van der Waals surface area contributed by atoms with E-state index in [1.165, 1.54) is 32.2 Å². The van der Waals surface area contributed by atoms with Crippen LogP contribution >= 0.6 is 0 Å². The van der Waals surface area contributed by atoms with Gasteiger partial charge in [-0.2, -0.15) is 0 Å². The minimum Gasteiger partial charge on any atom is -0.392 e. The van der Waals surface area contributed by atoms with Crippen LogP contribution in [-0.4, -0.2) is 35.7 Å². The van der Waals surface area contributed by atoms with Gasteiger partial charge in [-0.15, -0.1) is 0 Å². The van der Waals surface area contributed by atoms with E-state index >= 15 is 0 Å². The van der Waals surface area contributed by atoms with Crippen LogP contribution in [0, 0.1) is 5.41 Å². The number of nitrogens with zero attached hydrogens (tertiary/aromatic N) is 1. The molecule has 2 heteroatoms. The molecular weight excluding hydrogens is 222 g/mol. The van der Waals surface area contributed by atoms with Gasteiger partial charge in [0.2, 0.25) is 0 Å². The fourth-order valence-electron chi connectivity index (χ4n) is 3.73. The number of allylic oxidation sites excluding steroid dienone is 1. The van der Waals surface area contributed by atoms with Crippen molar-refractivity contribution in [2.24, 2.45) is 5.41 Å². The van der Waals surface area contributed by atoms with Crippen molar-refractivity contribution in [2.45, 2.75) is 65.4 Å². The highest BCUT2D eigenvalue weighted by Crippen LogP contribution is 2.41. The molecule has 0 aromatic carbocycles. The number of rotatable bonds is 3. The summed E-state index contributed by atoms with van der Waals surface area (Å²) in [5.74, 6) is 0. The molecule has 1 heterocycles. The Morgan fingerprint density at radius 3 is 2.78 bits per heavy atom. The van der Waals surface area contributed by atoms with Gasteiger partial charge in [0.15, 0.2) is 0 Å². The molecule has 2 aliphatic rings. The number of hydrogen-bond donors (Lipinski definition) is 1. The van der Waals surface area contributed by atoms with Gasteiger partial charge in [0, 0.05) is 13.1 Å². The third kappa shape index (κ3) is 3.36. The molecule has 2 rings (SSSR count). The van der Waals surface area contributed by atoms with Crippen molar-refractivity contribution >= 4 is 0 Å². The Labute approximate surface area is 112 Å². The monoisotopic (exact) mass is 251 g/mol. The fourth-order valence-corrected chi connectivity index (χ4v) is 3.73. The number of aliphatic hydroxyl groups excluding tert-OH is 1. The lowest BCUT2D eigenvalue weighted by atomic mass is 9.71. The van der Waals surface area contributed by atoms with Gasteiger partial charge in [0.25, 0.3) is 0 Å². The first-order valence-electron chi connectivity index (χ1n) is 7.58. The molecule has 1 fully saturated rings. The molecule has 0 amide bonds. The number of hydrogen-bond acceptors (Lipinski definition) is 2. The molecule has 0 spiro atoms. The van der Waals surface area contributed by atoms with Gasteiger partial charge < -0.3 is 10.0 Å². The van der Waals surface area contributed by atoms with Crippen LogP contribution in [0.1, 0.15) is 59.3 Å². The summed E-state index contributed by atoms with van der Waals surface area (Å²) in [7, 11) is 0. The van der Waals surface area contributed by atoms with E-state index in [4.69, 9.17) is 0 Å². The molecule has 0 radical (unpaired) electrons. The van der Waals surface area contributed by atoms with Crippen molar-refractivity contribution in [1.82, 2.24) is 4.90 Å². The third-order valence-electron chi connectivity index (χ3n) is 4.84. The lowest BCUT2D eigenvalue weighted by Crippen LogP contribution is -2.39. The summed E-state index contributed by atoms with van der Waals surface area (Å²) in [4.78, 5) is 2.44. The summed E-state index contributed by atoms with van der Waals surface area (Å²) < 4.78 is 0. The Morgan fingerprint density at radius 2 is 2.11 bits per heavy atom. The van der Waals surface area contributed by atoms with Crippen molar-refractivity contribution in [3.05, 3.63) is 11.1 Å². The lowest BCUT2D eigenvalue weighted by Gasteiger charge is -2.37. The summed E-state index contributed by atoms with van der Waals surface area (Å²) in [6.07, 6.45) is 7.24. The number of β-amino-alcohol motifs (C(OH)–C–C–N with tert-alkyl or cyclic N) is 1. The van der Waals surface area contributed by atoms with Gasteiger partial charge in [0.05, 0.1) is 6.10 Å². The molecule has 0 unspecified atom stereocenters. The second-order valence-corrected chi connectivity index (χ2v) is 6.84. The molecule has 104 valence electrons. The van der Waals surface area contributed by atoms with Crippen LogP contribution in [0.2, 0.25) is 0 Å². The summed E-state index contributed by atoms with van der Waals surface area (Å²) in [5, 5.41) is 9.72. The highest BCUT2D eigenvalue weighted by Gasteiger charge is 2.28. The smallest absolute Gasteiger partial charge is 0.0667 e. The Balaban J connectivity index is 1.92. The first kappa shape index (κ1) is 14.1. The van der Waals surface area contributed by atoms with Crippen LogP contribution in [0.4, 0.5) is 0 Å². The van der Waals surface area contributed by atoms with E-state index < -0.39 is 0 Å². The largest absolute Gasteiger partial charge is 0.392 e. The minimum atomic E-state index is -0.0896. The predicted octanol–water partition coefficient (Wildman–Crippen LogP) is 3.36. The van der Waals surface area contributed by atoms with E-state index in [0.29, 0.717) is 5.41 Å². The van der Waals surface area contributed by atoms with Crippen LogP contribution in [0.15, 0.2) is 11.1 Å². The Kier molecular flexibility index (Phi) is 4.50. The van der Waals surface area contributed by atoms with Gasteiger partial charge >= 0.3 is 0 Å². The van der Waals surface area contributed by atoms with E-state index in [2.05, 4.69) is 25.7 Å². The number of likely N-dealkylation sites (tertiary alicyclic amines) is 1. The van der Waals surface area contributed by atoms with E-state index in [-0.39, 0.29) is 6.10 Å². The molecule has 0 saturated carbocycles. The van der Waals surface area contributed by atoms with Crippen molar-refractivity contribution in [3.8, 4) is 0 Å². The lowest BCUT2D eigenvalue weighted by molar-refractivity contribution is 0.0705. The normalized spacial score (nSPS) is 29.7. The average molecular weight is 251 g/mol. The molecule has 1 aliphatic carbocycles. The molecule has 2 nitrogen and oxygen atoms in total. The van der Waals surface area contributed by atoms with Crippen molar-refractivity contribution in [3.63, 3.8) is 0 Å². The molecule has 0 bridgehead atoms. The zero-order valence-corrected chi connectivity index (χ0v) is 12.3. The first-order chi connectivity index (χ1) is 8.49. The fraction of sp³-hybridized carbons (Fsp3) is 0.875. The summed E-state index contributed by atoms with van der Waals surface area (Å²) in [6, 6.07) is 0. The summed E-state index contributed by atoms with van der Waals surface area (Å²) >= 11 is 0. The van der Waals surface area contributed by atoms with Crippen LogP contribution in [0.5, 0.6) is 0 Å². The van der Waals surface area contributed by atoms with E-state index in [9.17, 15) is 5.11 Å². The van der Waals surface area contributed by atoms with Gasteiger partial charge in [-0.1, -0.05) is 25.0 Å². The summed E-state index contributed by atoms with van der Waals surface area (Å²) in [5.41, 5.74) is 3.72. The predicted molar refractivity (Wildman–Crippen MR) is 76.6 cm³/mol. The maximum atomic E-state index is 9.72. The molecular formula is C16H29NO. The van der Waals surface area contributed by atoms with Crippen molar-refractivity contribution in [1.29, 1.82) is 0 Å². The second-order valence-electron chi connectivity index (χ2n) is 6.84. The van der Waals surface area contributed by atoms with Gasteiger partial charge in [-0.3, -0.25) is 0 Å². The maximum absolute atomic E-state index is 9.72. The van der Waals surface area contributed by atoms with Crippen molar-refractivity contribution in [2.75, 3.05) is 19.6 Å². The number of aliphatic hydroxyl groups is 1. The van der Waals surface area contributed by atoms with Crippen LogP contribution in [-0.2, 0) is 0 Å². The highest BCUT2D eigenvalue weighted by molar-refractivity contribution is 5.22. The van der Waals surface area contributed by atoms with E-state index in [1.54, 1.807) is 11.1 Å². The zero-order chi connectivity index (χ0) is 13.2.